The number of carbonyl (C=O) groups excluding carboxylic acids is 1. The molecule has 0 bridgehead atoms. The normalized spacial score (nSPS) is 10.4. The molecular weight excluding hydrogens is 408 g/mol. The van der Waals surface area contributed by atoms with E-state index in [4.69, 9.17) is 11.6 Å². The van der Waals surface area contributed by atoms with Gasteiger partial charge in [0, 0.05) is 4.47 Å². The highest BCUT2D eigenvalue weighted by atomic mass is 79.9. The van der Waals surface area contributed by atoms with Gasteiger partial charge in [0.15, 0.2) is 0 Å². The van der Waals surface area contributed by atoms with Gasteiger partial charge in [-0.3, -0.25) is 4.79 Å². The fraction of sp³-hybridized carbons (Fsp3) is 0. The van der Waals surface area contributed by atoms with Crippen molar-refractivity contribution in [1.29, 1.82) is 0 Å². The average molecular weight is 413 g/mol. The van der Waals surface area contributed by atoms with Crippen LogP contribution in [0.25, 0.3) is 0 Å². The van der Waals surface area contributed by atoms with Crippen LogP contribution in [0.5, 0.6) is 0 Å². The van der Waals surface area contributed by atoms with Crippen molar-refractivity contribution in [2.24, 2.45) is 0 Å². The summed E-state index contributed by atoms with van der Waals surface area (Å²) in [5.41, 5.74) is -0.00943. The molecule has 0 aliphatic heterocycles. The molecular formula is C11H5Br2ClFNOS. The molecule has 94 valence electrons. The molecule has 0 spiro atoms. The van der Waals surface area contributed by atoms with Crippen LogP contribution in [0.2, 0.25) is 5.02 Å². The molecule has 1 aromatic heterocycles. The quantitative estimate of drug-likeness (QED) is 0.710. The predicted molar refractivity (Wildman–Crippen MR) is 79.1 cm³/mol. The summed E-state index contributed by atoms with van der Waals surface area (Å²) in [4.78, 5) is 12.4. The summed E-state index contributed by atoms with van der Waals surface area (Å²) >= 11 is 13.6. The number of para-hydroxylation sites is 1. The van der Waals surface area contributed by atoms with E-state index in [1.165, 1.54) is 29.5 Å². The van der Waals surface area contributed by atoms with E-state index in [1.54, 1.807) is 6.07 Å². The number of rotatable bonds is 2. The molecule has 0 aliphatic carbocycles. The van der Waals surface area contributed by atoms with Gasteiger partial charge in [-0.25, -0.2) is 4.39 Å². The Balaban J connectivity index is 2.27. The number of thiophene rings is 1. The first-order chi connectivity index (χ1) is 8.49. The Kier molecular flexibility index (Phi) is 4.42. The second-order valence-electron chi connectivity index (χ2n) is 3.28. The van der Waals surface area contributed by atoms with Crippen molar-refractivity contribution in [1.82, 2.24) is 0 Å². The molecule has 0 radical (unpaired) electrons. The first kappa shape index (κ1) is 14.0. The molecule has 0 saturated carbocycles. The van der Waals surface area contributed by atoms with Crippen LogP contribution in [0.15, 0.2) is 32.5 Å². The lowest BCUT2D eigenvalue weighted by Gasteiger charge is -2.06. The fourth-order valence-electron chi connectivity index (χ4n) is 1.25. The molecule has 0 unspecified atom stereocenters. The van der Waals surface area contributed by atoms with Gasteiger partial charge in [0.25, 0.3) is 5.91 Å². The molecule has 1 amide bonds. The third-order valence-electron chi connectivity index (χ3n) is 2.07. The van der Waals surface area contributed by atoms with Crippen molar-refractivity contribution in [2.45, 2.75) is 0 Å². The zero-order chi connectivity index (χ0) is 13.3. The van der Waals surface area contributed by atoms with Gasteiger partial charge in [-0.2, -0.15) is 0 Å². The first-order valence-electron chi connectivity index (χ1n) is 4.69. The maximum atomic E-state index is 13.5. The van der Waals surface area contributed by atoms with E-state index in [-0.39, 0.29) is 10.7 Å². The summed E-state index contributed by atoms with van der Waals surface area (Å²) in [5.74, 6) is -0.969. The Labute approximate surface area is 128 Å². The summed E-state index contributed by atoms with van der Waals surface area (Å²) in [6, 6.07) is 5.88. The Morgan fingerprint density at radius 3 is 2.67 bits per heavy atom. The Morgan fingerprint density at radius 1 is 1.39 bits per heavy atom. The number of nitrogens with one attached hydrogen (secondary N) is 1. The summed E-state index contributed by atoms with van der Waals surface area (Å²) in [5, 5.41) is 2.62. The van der Waals surface area contributed by atoms with Gasteiger partial charge in [-0.15, -0.1) is 11.3 Å². The Morgan fingerprint density at radius 2 is 2.11 bits per heavy atom. The van der Waals surface area contributed by atoms with Crippen molar-refractivity contribution in [2.75, 3.05) is 5.32 Å². The largest absolute Gasteiger partial charge is 0.318 e. The van der Waals surface area contributed by atoms with Gasteiger partial charge in [0.1, 0.15) is 5.82 Å². The number of carbonyl (C=O) groups is 1. The summed E-state index contributed by atoms with van der Waals surface area (Å²) in [6.45, 7) is 0. The highest BCUT2D eigenvalue weighted by molar-refractivity contribution is 9.13. The van der Waals surface area contributed by atoms with Gasteiger partial charge < -0.3 is 5.32 Å². The smallest absolute Gasteiger partial charge is 0.265 e. The molecule has 0 saturated heterocycles. The second kappa shape index (κ2) is 5.69. The maximum absolute atomic E-state index is 13.5. The van der Waals surface area contributed by atoms with Crippen molar-refractivity contribution in [3.8, 4) is 0 Å². The zero-order valence-electron chi connectivity index (χ0n) is 8.64. The molecule has 2 aromatic rings. The van der Waals surface area contributed by atoms with Crippen molar-refractivity contribution in [3.05, 3.63) is 48.2 Å². The van der Waals surface area contributed by atoms with Crippen LogP contribution in [-0.2, 0) is 0 Å². The number of halogens is 4. The molecule has 2 nitrogen and oxygen atoms in total. The van der Waals surface area contributed by atoms with Gasteiger partial charge in [-0.1, -0.05) is 17.7 Å². The van der Waals surface area contributed by atoms with Crippen LogP contribution < -0.4 is 5.32 Å². The lowest BCUT2D eigenvalue weighted by Crippen LogP contribution is -2.11. The van der Waals surface area contributed by atoms with Crippen molar-refractivity contribution >= 4 is 66.4 Å². The average Bonchev–Trinajstić information content (AvgIpc) is 2.64. The third-order valence-corrected chi connectivity index (χ3v) is 5.64. The Bertz CT molecular complexity index is 577. The maximum Gasteiger partial charge on any atom is 0.265 e. The minimum atomic E-state index is -0.564. The number of benzene rings is 1. The minimum Gasteiger partial charge on any atom is -0.318 e. The van der Waals surface area contributed by atoms with E-state index >= 15 is 0 Å². The lowest BCUT2D eigenvalue weighted by molar-refractivity contribution is 0.103. The second-order valence-corrected chi connectivity index (χ2v) is 6.91. The van der Waals surface area contributed by atoms with Crippen molar-refractivity contribution < 1.29 is 9.18 Å². The molecule has 1 heterocycles. The molecule has 0 fully saturated rings. The van der Waals surface area contributed by atoms with Gasteiger partial charge in [0.05, 0.1) is 19.4 Å². The first-order valence-corrected chi connectivity index (χ1v) is 7.47. The van der Waals surface area contributed by atoms with Crippen LogP contribution >= 0.6 is 54.8 Å². The standard InChI is InChI=1S/C11H5Br2ClFNOS/c12-5-4-8(18-10(5)13)11(17)16-9-6(14)2-1-3-7(9)15/h1-4H,(H,16,17). The number of anilines is 1. The zero-order valence-corrected chi connectivity index (χ0v) is 13.4. The van der Waals surface area contributed by atoms with Crippen LogP contribution in [-0.4, -0.2) is 5.91 Å². The van der Waals surface area contributed by atoms with Gasteiger partial charge in [0.2, 0.25) is 0 Å². The van der Waals surface area contributed by atoms with E-state index in [0.717, 1.165) is 8.26 Å². The molecule has 18 heavy (non-hydrogen) atoms. The molecule has 0 aliphatic rings. The van der Waals surface area contributed by atoms with E-state index in [1.807, 2.05) is 0 Å². The van der Waals surface area contributed by atoms with Gasteiger partial charge in [-0.05, 0) is 50.1 Å². The molecule has 0 atom stereocenters. The van der Waals surface area contributed by atoms with E-state index in [0.29, 0.717) is 4.88 Å². The number of hydrogen-bond acceptors (Lipinski definition) is 2. The summed E-state index contributed by atoms with van der Waals surface area (Å²) in [6.07, 6.45) is 0. The van der Waals surface area contributed by atoms with Gasteiger partial charge >= 0.3 is 0 Å². The third kappa shape index (κ3) is 2.93. The molecule has 7 heteroatoms. The predicted octanol–water partition coefficient (Wildman–Crippen LogP) is 5.32. The summed E-state index contributed by atoms with van der Waals surface area (Å²) in [7, 11) is 0. The number of hydrogen-bond donors (Lipinski definition) is 1. The Hall–Kier alpha value is -0.430. The highest BCUT2D eigenvalue weighted by Crippen LogP contribution is 2.33. The van der Waals surface area contributed by atoms with Crippen LogP contribution in [0.3, 0.4) is 0 Å². The fourth-order valence-corrected chi connectivity index (χ4v) is 3.39. The van der Waals surface area contributed by atoms with E-state index in [9.17, 15) is 9.18 Å². The summed E-state index contributed by atoms with van der Waals surface area (Å²) < 4.78 is 15.1. The SMILES string of the molecule is O=C(Nc1c(F)cccc1Cl)c1cc(Br)c(Br)s1. The van der Waals surface area contributed by atoms with E-state index < -0.39 is 11.7 Å². The lowest BCUT2D eigenvalue weighted by atomic mass is 10.3. The minimum absolute atomic E-state index is 0.00943. The van der Waals surface area contributed by atoms with Crippen LogP contribution in [0.4, 0.5) is 10.1 Å². The van der Waals surface area contributed by atoms with Crippen molar-refractivity contribution in [3.63, 3.8) is 0 Å². The number of amides is 1. The highest BCUT2D eigenvalue weighted by Gasteiger charge is 2.15. The topological polar surface area (TPSA) is 29.1 Å². The molecule has 1 N–H and O–H groups in total. The molecule has 2 rings (SSSR count). The van der Waals surface area contributed by atoms with Crippen LogP contribution in [0, 0.1) is 5.82 Å². The molecule has 1 aromatic carbocycles. The monoisotopic (exact) mass is 411 g/mol. The van der Waals surface area contributed by atoms with E-state index in [2.05, 4.69) is 37.2 Å². The van der Waals surface area contributed by atoms with Crippen LogP contribution in [0.1, 0.15) is 9.67 Å².